The third kappa shape index (κ3) is 4.71. The summed E-state index contributed by atoms with van der Waals surface area (Å²) in [6, 6.07) is 2.15. The van der Waals surface area contributed by atoms with Crippen LogP contribution in [0.15, 0.2) is 6.07 Å². The van der Waals surface area contributed by atoms with E-state index in [0.29, 0.717) is 12.5 Å². The van der Waals surface area contributed by atoms with Gasteiger partial charge in [0.25, 0.3) is 0 Å². The Morgan fingerprint density at radius 3 is 2.81 bits per heavy atom. The van der Waals surface area contributed by atoms with Crippen molar-refractivity contribution in [3.05, 3.63) is 17.6 Å². The van der Waals surface area contributed by atoms with Gasteiger partial charge < -0.3 is 14.5 Å². The molecule has 0 unspecified atom stereocenters. The van der Waals surface area contributed by atoms with Crippen LogP contribution in [0.25, 0.3) is 0 Å². The minimum atomic E-state index is 0.195. The third-order valence-corrected chi connectivity index (χ3v) is 5.36. The minimum Gasteiger partial charge on any atom is -0.378 e. The van der Waals surface area contributed by atoms with E-state index in [1.165, 1.54) is 0 Å². The summed E-state index contributed by atoms with van der Waals surface area (Å²) in [5.41, 5.74) is 1.11. The number of ether oxygens (including phenoxy) is 1. The Morgan fingerprint density at radius 2 is 2.08 bits per heavy atom. The van der Waals surface area contributed by atoms with Crippen LogP contribution in [0.1, 0.15) is 37.2 Å². The van der Waals surface area contributed by atoms with Gasteiger partial charge >= 0.3 is 0 Å². The van der Waals surface area contributed by atoms with Gasteiger partial charge in [0.1, 0.15) is 11.6 Å². The Labute approximate surface area is 156 Å². The highest BCUT2D eigenvalue weighted by Gasteiger charge is 2.26. The van der Waals surface area contributed by atoms with Crippen molar-refractivity contribution in [3.8, 4) is 0 Å². The number of hydrogen-bond donors (Lipinski definition) is 0. The number of nitrogens with zero attached hydrogens (tertiary/aromatic N) is 5. The standard InChI is InChI=1S/C19H31N5O2/c1-4-22(3)19(25)14-23-7-5-6-16(13-23)17-12-18(21-15(2)20-17)24-8-10-26-11-9-24/h12,16H,4-11,13-14H2,1-3H3/t16-/m0/s1. The van der Waals surface area contributed by atoms with Gasteiger partial charge in [0.15, 0.2) is 0 Å². The van der Waals surface area contributed by atoms with E-state index in [1.54, 1.807) is 4.90 Å². The predicted molar refractivity (Wildman–Crippen MR) is 102 cm³/mol. The molecule has 2 fully saturated rings. The lowest BCUT2D eigenvalue weighted by molar-refractivity contribution is -0.131. The van der Waals surface area contributed by atoms with Crippen LogP contribution in [0.5, 0.6) is 0 Å². The molecule has 144 valence electrons. The maximum absolute atomic E-state index is 12.2. The van der Waals surface area contributed by atoms with Crippen LogP contribution in [0.3, 0.4) is 0 Å². The van der Waals surface area contributed by atoms with Crippen LogP contribution in [0, 0.1) is 6.92 Å². The molecule has 0 aromatic carbocycles. The second kappa shape index (κ2) is 8.77. The molecular formula is C19H31N5O2. The molecule has 2 aliphatic rings. The molecule has 1 atom stereocenters. The number of aryl methyl sites for hydroxylation is 1. The Balaban J connectivity index is 1.69. The van der Waals surface area contributed by atoms with Crippen molar-refractivity contribution in [1.82, 2.24) is 19.8 Å². The number of amides is 1. The van der Waals surface area contributed by atoms with E-state index < -0.39 is 0 Å². The number of carbonyl (C=O) groups excluding carboxylic acids is 1. The lowest BCUT2D eigenvalue weighted by atomic mass is 9.94. The molecule has 0 bridgehead atoms. The molecule has 0 aliphatic carbocycles. The van der Waals surface area contributed by atoms with Gasteiger partial charge in [-0.3, -0.25) is 9.69 Å². The second-order valence-electron chi connectivity index (χ2n) is 7.28. The molecule has 7 nitrogen and oxygen atoms in total. The van der Waals surface area contributed by atoms with Crippen LogP contribution in [-0.2, 0) is 9.53 Å². The highest BCUT2D eigenvalue weighted by Crippen LogP contribution is 2.28. The van der Waals surface area contributed by atoms with Gasteiger partial charge in [-0.05, 0) is 33.2 Å². The number of anilines is 1. The smallest absolute Gasteiger partial charge is 0.236 e. The Kier molecular flexibility index (Phi) is 6.43. The van der Waals surface area contributed by atoms with Crippen molar-refractivity contribution < 1.29 is 9.53 Å². The van der Waals surface area contributed by atoms with Gasteiger partial charge in [0, 0.05) is 45.2 Å². The second-order valence-corrected chi connectivity index (χ2v) is 7.28. The molecule has 1 amide bonds. The maximum atomic E-state index is 12.2. The van der Waals surface area contributed by atoms with Gasteiger partial charge in [-0.2, -0.15) is 0 Å². The van der Waals surface area contributed by atoms with Crippen molar-refractivity contribution in [2.45, 2.75) is 32.6 Å². The predicted octanol–water partition coefficient (Wildman–Crippen LogP) is 1.28. The Bertz CT molecular complexity index is 618. The molecule has 3 rings (SSSR count). The van der Waals surface area contributed by atoms with Crippen molar-refractivity contribution in [2.24, 2.45) is 0 Å². The van der Waals surface area contributed by atoms with Gasteiger partial charge in [-0.1, -0.05) is 0 Å². The number of carbonyl (C=O) groups is 1. The first-order valence-corrected chi connectivity index (χ1v) is 9.71. The summed E-state index contributed by atoms with van der Waals surface area (Å²) >= 11 is 0. The average Bonchev–Trinajstić information content (AvgIpc) is 2.67. The topological polar surface area (TPSA) is 61.8 Å². The summed E-state index contributed by atoms with van der Waals surface area (Å²) in [7, 11) is 1.87. The SMILES string of the molecule is CCN(C)C(=O)CN1CCC[C@H](c2cc(N3CCOCC3)nc(C)n2)C1. The summed E-state index contributed by atoms with van der Waals surface area (Å²) in [4.78, 5) is 27.9. The van der Waals surface area contributed by atoms with E-state index in [1.807, 2.05) is 20.9 Å². The van der Waals surface area contributed by atoms with Crippen LogP contribution in [-0.4, -0.2) is 85.2 Å². The number of likely N-dealkylation sites (N-methyl/N-ethyl adjacent to an activating group) is 1. The number of morpholine rings is 1. The highest BCUT2D eigenvalue weighted by molar-refractivity contribution is 5.77. The van der Waals surface area contributed by atoms with Gasteiger partial charge in [0.2, 0.25) is 5.91 Å². The number of likely N-dealkylation sites (tertiary alicyclic amines) is 1. The molecule has 3 heterocycles. The van der Waals surface area contributed by atoms with E-state index in [2.05, 4.69) is 20.9 Å². The van der Waals surface area contributed by atoms with Crippen molar-refractivity contribution in [1.29, 1.82) is 0 Å². The first-order valence-electron chi connectivity index (χ1n) is 9.71. The fourth-order valence-electron chi connectivity index (χ4n) is 3.67. The van der Waals surface area contributed by atoms with Crippen molar-refractivity contribution >= 4 is 11.7 Å². The van der Waals surface area contributed by atoms with E-state index in [9.17, 15) is 4.79 Å². The fraction of sp³-hybridized carbons (Fsp3) is 0.737. The summed E-state index contributed by atoms with van der Waals surface area (Å²) in [5, 5.41) is 0. The zero-order chi connectivity index (χ0) is 18.5. The Morgan fingerprint density at radius 1 is 1.31 bits per heavy atom. The van der Waals surface area contributed by atoms with Gasteiger partial charge in [0.05, 0.1) is 25.5 Å². The summed E-state index contributed by atoms with van der Waals surface area (Å²) < 4.78 is 5.45. The molecular weight excluding hydrogens is 330 g/mol. The molecule has 2 saturated heterocycles. The average molecular weight is 361 g/mol. The molecule has 0 saturated carbocycles. The van der Waals surface area contributed by atoms with Gasteiger partial charge in [-0.15, -0.1) is 0 Å². The normalized spacial score (nSPS) is 21.7. The lowest BCUT2D eigenvalue weighted by Crippen LogP contribution is -2.42. The zero-order valence-corrected chi connectivity index (χ0v) is 16.3. The first-order chi connectivity index (χ1) is 12.6. The molecule has 1 aromatic rings. The molecule has 2 aliphatic heterocycles. The maximum Gasteiger partial charge on any atom is 0.236 e. The number of rotatable bonds is 5. The monoisotopic (exact) mass is 361 g/mol. The van der Waals surface area contributed by atoms with Crippen LogP contribution in [0.2, 0.25) is 0 Å². The van der Waals surface area contributed by atoms with E-state index in [-0.39, 0.29) is 5.91 Å². The number of piperidine rings is 1. The first kappa shape index (κ1) is 19.0. The van der Waals surface area contributed by atoms with Gasteiger partial charge in [-0.25, -0.2) is 9.97 Å². The minimum absolute atomic E-state index is 0.195. The van der Waals surface area contributed by atoms with Crippen molar-refractivity contribution in [2.75, 3.05) is 64.4 Å². The molecule has 26 heavy (non-hydrogen) atoms. The summed E-state index contributed by atoms with van der Waals surface area (Å²) in [5.74, 6) is 2.39. The zero-order valence-electron chi connectivity index (χ0n) is 16.3. The van der Waals surface area contributed by atoms with Crippen LogP contribution >= 0.6 is 0 Å². The summed E-state index contributed by atoms with van der Waals surface area (Å²) in [6.45, 7) is 10.4. The molecule has 0 radical (unpaired) electrons. The largest absolute Gasteiger partial charge is 0.378 e. The summed E-state index contributed by atoms with van der Waals surface area (Å²) in [6.07, 6.45) is 2.22. The molecule has 0 spiro atoms. The number of aromatic nitrogens is 2. The van der Waals surface area contributed by atoms with E-state index in [4.69, 9.17) is 9.72 Å². The highest BCUT2D eigenvalue weighted by atomic mass is 16.5. The molecule has 0 N–H and O–H groups in total. The number of hydrogen-bond acceptors (Lipinski definition) is 6. The lowest BCUT2D eigenvalue weighted by Gasteiger charge is -2.33. The van der Waals surface area contributed by atoms with E-state index in [0.717, 1.165) is 76.1 Å². The quantitative estimate of drug-likeness (QED) is 0.787. The van der Waals surface area contributed by atoms with Crippen molar-refractivity contribution in [3.63, 3.8) is 0 Å². The third-order valence-electron chi connectivity index (χ3n) is 5.36. The molecule has 1 aromatic heterocycles. The fourth-order valence-corrected chi connectivity index (χ4v) is 3.67. The van der Waals surface area contributed by atoms with E-state index >= 15 is 0 Å². The Hall–Kier alpha value is -1.73. The molecule has 7 heteroatoms. The van der Waals surface area contributed by atoms with Crippen LogP contribution < -0.4 is 4.90 Å². The van der Waals surface area contributed by atoms with Crippen LogP contribution in [0.4, 0.5) is 5.82 Å².